The molecule has 2 aromatic heterocycles. The lowest BCUT2D eigenvalue weighted by Crippen LogP contribution is -2.36. The van der Waals surface area contributed by atoms with Crippen molar-refractivity contribution in [1.82, 2.24) is 9.97 Å². The quantitative estimate of drug-likeness (QED) is 0.645. The van der Waals surface area contributed by atoms with Crippen LogP contribution in [0.25, 0.3) is 11.3 Å². The summed E-state index contributed by atoms with van der Waals surface area (Å²) < 4.78 is 5.38. The van der Waals surface area contributed by atoms with E-state index in [9.17, 15) is 9.59 Å². The largest absolute Gasteiger partial charge is 0.378 e. The van der Waals surface area contributed by atoms with Gasteiger partial charge in [0, 0.05) is 41.5 Å². The maximum Gasteiger partial charge on any atom is 0.272 e. The van der Waals surface area contributed by atoms with Crippen molar-refractivity contribution < 1.29 is 14.3 Å². The molecule has 3 aromatic rings. The smallest absolute Gasteiger partial charge is 0.272 e. The van der Waals surface area contributed by atoms with E-state index in [1.165, 1.54) is 13.1 Å². The minimum absolute atomic E-state index is 0.0839. The second-order valence-electron chi connectivity index (χ2n) is 6.50. The molecule has 1 amide bonds. The molecule has 0 radical (unpaired) electrons. The van der Waals surface area contributed by atoms with E-state index in [1.54, 1.807) is 17.4 Å². The molecule has 1 saturated heterocycles. The summed E-state index contributed by atoms with van der Waals surface area (Å²) in [6.07, 6.45) is 1.54. The fraction of sp³-hybridized carbons (Fsp3) is 0.250. The second-order valence-corrected chi connectivity index (χ2v) is 7.34. The minimum atomic E-state index is -0.288. The lowest BCUT2D eigenvalue weighted by atomic mass is 10.1. The summed E-state index contributed by atoms with van der Waals surface area (Å²) in [5.74, 6) is -0.372. The molecule has 7 nitrogen and oxygen atoms in total. The van der Waals surface area contributed by atoms with Crippen LogP contribution in [0.3, 0.4) is 0 Å². The standard InChI is InChI=1S/C20H20N4O3S/c1-13(25)15-10-17(21-11-15)19(26)22-16-4-2-14(3-5-16)18-12-28-20(23-18)24-6-8-27-9-7-24/h2-5,10-12,21H,6-9H2,1H3,(H,22,26). The first-order valence-electron chi connectivity index (χ1n) is 8.99. The van der Waals surface area contributed by atoms with Gasteiger partial charge in [0.05, 0.1) is 18.9 Å². The molecule has 4 rings (SSSR count). The lowest BCUT2D eigenvalue weighted by molar-refractivity contribution is 0.101. The van der Waals surface area contributed by atoms with Gasteiger partial charge in [0.2, 0.25) is 0 Å². The summed E-state index contributed by atoms with van der Waals surface area (Å²) in [6, 6.07) is 9.10. The predicted octanol–water partition coefficient (Wildman–Crippen LogP) is 3.43. The summed E-state index contributed by atoms with van der Waals surface area (Å²) in [7, 11) is 0. The van der Waals surface area contributed by atoms with Crippen LogP contribution in [0.15, 0.2) is 41.9 Å². The van der Waals surface area contributed by atoms with Gasteiger partial charge in [-0.05, 0) is 25.1 Å². The second kappa shape index (κ2) is 7.95. The van der Waals surface area contributed by atoms with Crippen LogP contribution in [0.4, 0.5) is 10.8 Å². The number of ketones is 1. The van der Waals surface area contributed by atoms with Crippen LogP contribution in [0.5, 0.6) is 0 Å². The highest BCUT2D eigenvalue weighted by molar-refractivity contribution is 7.14. The molecule has 0 saturated carbocycles. The van der Waals surface area contributed by atoms with E-state index in [0.29, 0.717) is 16.9 Å². The number of nitrogens with one attached hydrogen (secondary N) is 2. The SMILES string of the molecule is CC(=O)c1c[nH]c(C(=O)Nc2ccc(-c3csc(N4CCOCC4)n3)cc2)c1. The fourth-order valence-corrected chi connectivity index (χ4v) is 3.84. The molecule has 8 heteroatoms. The van der Waals surface area contributed by atoms with Gasteiger partial charge in [0.1, 0.15) is 5.69 Å². The van der Waals surface area contributed by atoms with Crippen molar-refractivity contribution in [1.29, 1.82) is 0 Å². The molecule has 2 N–H and O–H groups in total. The number of benzene rings is 1. The Morgan fingerprint density at radius 1 is 1.21 bits per heavy atom. The number of thiazole rings is 1. The van der Waals surface area contributed by atoms with Gasteiger partial charge in [-0.1, -0.05) is 12.1 Å². The maximum absolute atomic E-state index is 12.3. The van der Waals surface area contributed by atoms with Gasteiger partial charge < -0.3 is 19.9 Å². The van der Waals surface area contributed by atoms with Gasteiger partial charge in [-0.25, -0.2) is 4.98 Å². The van der Waals surface area contributed by atoms with Crippen LogP contribution >= 0.6 is 11.3 Å². The topological polar surface area (TPSA) is 87.3 Å². The van der Waals surface area contributed by atoms with Crippen molar-refractivity contribution in [3.05, 3.63) is 53.2 Å². The van der Waals surface area contributed by atoms with Crippen LogP contribution in [-0.2, 0) is 4.74 Å². The maximum atomic E-state index is 12.3. The number of carbonyl (C=O) groups is 2. The molecular formula is C20H20N4O3S. The van der Waals surface area contributed by atoms with E-state index in [0.717, 1.165) is 42.7 Å². The monoisotopic (exact) mass is 396 g/mol. The van der Waals surface area contributed by atoms with E-state index < -0.39 is 0 Å². The zero-order valence-corrected chi connectivity index (χ0v) is 16.2. The fourth-order valence-electron chi connectivity index (χ4n) is 2.95. The number of carbonyl (C=O) groups excluding carboxylic acids is 2. The first-order valence-corrected chi connectivity index (χ1v) is 9.87. The number of aromatic nitrogens is 2. The third kappa shape index (κ3) is 3.97. The Balaban J connectivity index is 1.43. The molecule has 1 aliphatic rings. The molecule has 0 aliphatic carbocycles. The zero-order chi connectivity index (χ0) is 19.5. The van der Waals surface area contributed by atoms with Crippen LogP contribution in [0.1, 0.15) is 27.8 Å². The van der Waals surface area contributed by atoms with Crippen molar-refractivity contribution in [3.63, 3.8) is 0 Å². The number of ether oxygens (including phenoxy) is 1. The Hall–Kier alpha value is -2.97. The highest BCUT2D eigenvalue weighted by Crippen LogP contribution is 2.28. The van der Waals surface area contributed by atoms with Crippen molar-refractivity contribution in [2.24, 2.45) is 0 Å². The summed E-state index contributed by atoms with van der Waals surface area (Å²) in [6.45, 7) is 4.66. The van der Waals surface area contributed by atoms with Gasteiger partial charge in [0.25, 0.3) is 5.91 Å². The highest BCUT2D eigenvalue weighted by Gasteiger charge is 2.15. The molecule has 0 atom stereocenters. The number of H-pyrrole nitrogens is 1. The predicted molar refractivity (Wildman–Crippen MR) is 109 cm³/mol. The van der Waals surface area contributed by atoms with Gasteiger partial charge in [0.15, 0.2) is 10.9 Å². The number of aromatic amines is 1. The number of morpholine rings is 1. The van der Waals surface area contributed by atoms with Gasteiger partial charge in [-0.3, -0.25) is 9.59 Å². The summed E-state index contributed by atoms with van der Waals surface area (Å²) in [5, 5.41) is 5.87. The number of anilines is 2. The minimum Gasteiger partial charge on any atom is -0.378 e. The first kappa shape index (κ1) is 18.4. The molecule has 0 spiro atoms. The highest BCUT2D eigenvalue weighted by atomic mass is 32.1. The zero-order valence-electron chi connectivity index (χ0n) is 15.4. The van der Waals surface area contributed by atoms with Crippen LogP contribution in [-0.4, -0.2) is 48.0 Å². The van der Waals surface area contributed by atoms with Crippen molar-refractivity contribution in [3.8, 4) is 11.3 Å². The molecular weight excluding hydrogens is 376 g/mol. The van der Waals surface area contributed by atoms with E-state index in [2.05, 4.69) is 15.2 Å². The van der Waals surface area contributed by atoms with Crippen molar-refractivity contribution >= 4 is 33.8 Å². The van der Waals surface area contributed by atoms with Crippen LogP contribution in [0, 0.1) is 0 Å². The Kier molecular flexibility index (Phi) is 5.23. The third-order valence-electron chi connectivity index (χ3n) is 4.55. The van der Waals surface area contributed by atoms with E-state index in [4.69, 9.17) is 9.72 Å². The van der Waals surface area contributed by atoms with E-state index in [1.807, 2.05) is 29.6 Å². The van der Waals surface area contributed by atoms with Crippen LogP contribution in [0.2, 0.25) is 0 Å². The number of nitrogens with zero attached hydrogens (tertiary/aromatic N) is 2. The lowest BCUT2D eigenvalue weighted by Gasteiger charge is -2.26. The van der Waals surface area contributed by atoms with Crippen LogP contribution < -0.4 is 10.2 Å². The number of Topliss-reactive ketones (excluding diaryl/α,β-unsaturated/α-hetero) is 1. The molecule has 0 unspecified atom stereocenters. The Morgan fingerprint density at radius 2 is 1.96 bits per heavy atom. The summed E-state index contributed by atoms with van der Waals surface area (Å²) in [4.78, 5) is 33.4. The number of hydrogen-bond donors (Lipinski definition) is 2. The van der Waals surface area contributed by atoms with E-state index in [-0.39, 0.29) is 11.7 Å². The molecule has 1 aliphatic heterocycles. The molecule has 1 fully saturated rings. The van der Waals surface area contributed by atoms with Gasteiger partial charge in [-0.2, -0.15) is 0 Å². The molecule has 28 heavy (non-hydrogen) atoms. The average Bonchev–Trinajstić information content (AvgIpc) is 3.39. The van der Waals surface area contributed by atoms with Gasteiger partial charge in [-0.15, -0.1) is 11.3 Å². The van der Waals surface area contributed by atoms with Crippen molar-refractivity contribution in [2.75, 3.05) is 36.5 Å². The van der Waals surface area contributed by atoms with Gasteiger partial charge >= 0.3 is 0 Å². The Labute approximate surface area is 166 Å². The Bertz CT molecular complexity index is 987. The van der Waals surface area contributed by atoms with Crippen molar-refractivity contribution in [2.45, 2.75) is 6.92 Å². The average molecular weight is 396 g/mol. The van der Waals surface area contributed by atoms with E-state index >= 15 is 0 Å². The third-order valence-corrected chi connectivity index (χ3v) is 5.45. The number of rotatable bonds is 5. The normalized spacial score (nSPS) is 14.1. The molecule has 0 bridgehead atoms. The summed E-state index contributed by atoms with van der Waals surface area (Å²) in [5.41, 5.74) is 3.42. The number of amides is 1. The molecule has 144 valence electrons. The Morgan fingerprint density at radius 3 is 2.64 bits per heavy atom. The number of hydrogen-bond acceptors (Lipinski definition) is 6. The molecule has 3 heterocycles. The summed E-state index contributed by atoms with van der Waals surface area (Å²) >= 11 is 1.63. The first-order chi connectivity index (χ1) is 13.6. The molecule has 1 aromatic carbocycles.